The first-order valence-electron chi connectivity index (χ1n) is 4.77. The van der Waals surface area contributed by atoms with Gasteiger partial charge in [0.25, 0.3) is 0 Å². The molecule has 0 aliphatic carbocycles. The second-order valence-corrected chi connectivity index (χ2v) is 3.13. The summed E-state index contributed by atoms with van der Waals surface area (Å²) in [5.74, 6) is -0.509. The van der Waals surface area contributed by atoms with Gasteiger partial charge < -0.3 is 9.84 Å². The van der Waals surface area contributed by atoms with Gasteiger partial charge in [0.2, 0.25) is 0 Å². The van der Waals surface area contributed by atoms with Gasteiger partial charge in [-0.05, 0) is 19.4 Å². The highest BCUT2D eigenvalue weighted by Crippen LogP contribution is 2.16. The topological polar surface area (TPSA) is 46.5 Å². The van der Waals surface area contributed by atoms with Crippen molar-refractivity contribution in [3.63, 3.8) is 0 Å². The van der Waals surface area contributed by atoms with Gasteiger partial charge in [-0.3, -0.25) is 0 Å². The first kappa shape index (κ1) is 11.3. The SMILES string of the molecule is CCOC(=O)/C(=C/O)c1cccc(C)c1. The smallest absolute Gasteiger partial charge is 0.341 e. The van der Waals surface area contributed by atoms with Crippen molar-refractivity contribution < 1.29 is 14.6 Å². The number of ether oxygens (including phenoxy) is 1. The molecule has 0 aliphatic rings. The van der Waals surface area contributed by atoms with Crippen LogP contribution < -0.4 is 0 Å². The van der Waals surface area contributed by atoms with Gasteiger partial charge in [0.15, 0.2) is 0 Å². The Hall–Kier alpha value is -1.77. The van der Waals surface area contributed by atoms with Crippen molar-refractivity contribution in [1.29, 1.82) is 0 Å². The number of aliphatic hydroxyl groups excluding tert-OH is 1. The van der Waals surface area contributed by atoms with E-state index in [4.69, 9.17) is 9.84 Å². The zero-order valence-electron chi connectivity index (χ0n) is 8.86. The van der Waals surface area contributed by atoms with Crippen molar-refractivity contribution in [3.05, 3.63) is 41.7 Å². The average Bonchev–Trinajstić information content (AvgIpc) is 2.19. The monoisotopic (exact) mass is 206 g/mol. The van der Waals surface area contributed by atoms with Crippen LogP contribution >= 0.6 is 0 Å². The van der Waals surface area contributed by atoms with Crippen LogP contribution in [0.2, 0.25) is 0 Å². The van der Waals surface area contributed by atoms with Gasteiger partial charge >= 0.3 is 5.97 Å². The van der Waals surface area contributed by atoms with E-state index in [-0.39, 0.29) is 5.57 Å². The third-order valence-corrected chi connectivity index (χ3v) is 1.95. The highest BCUT2D eigenvalue weighted by Gasteiger charge is 2.12. The molecule has 0 heterocycles. The maximum absolute atomic E-state index is 11.4. The fourth-order valence-electron chi connectivity index (χ4n) is 1.27. The number of hydrogen-bond donors (Lipinski definition) is 1. The summed E-state index contributed by atoms with van der Waals surface area (Å²) in [6, 6.07) is 7.32. The summed E-state index contributed by atoms with van der Waals surface area (Å²) in [6.07, 6.45) is 0.784. The average molecular weight is 206 g/mol. The molecule has 0 saturated carbocycles. The molecule has 1 rings (SSSR count). The molecule has 0 bridgehead atoms. The molecule has 0 fully saturated rings. The second kappa shape index (κ2) is 5.20. The van der Waals surface area contributed by atoms with Crippen LogP contribution in [0.1, 0.15) is 18.1 Å². The maximum atomic E-state index is 11.4. The van der Waals surface area contributed by atoms with Crippen molar-refractivity contribution in [2.24, 2.45) is 0 Å². The molecule has 0 aliphatic heterocycles. The number of esters is 1. The Morgan fingerprint density at radius 3 is 2.80 bits per heavy atom. The molecule has 0 amide bonds. The summed E-state index contributed by atoms with van der Waals surface area (Å²) in [5, 5.41) is 9.00. The molecule has 1 aromatic carbocycles. The Balaban J connectivity index is 2.99. The summed E-state index contributed by atoms with van der Waals surface area (Å²) in [5.41, 5.74) is 1.87. The molecule has 0 atom stereocenters. The van der Waals surface area contributed by atoms with Crippen LogP contribution in [0, 0.1) is 6.92 Å². The van der Waals surface area contributed by atoms with Crippen LogP contribution in [-0.4, -0.2) is 17.7 Å². The predicted molar refractivity (Wildman–Crippen MR) is 58.4 cm³/mol. The highest BCUT2D eigenvalue weighted by molar-refractivity contribution is 6.16. The van der Waals surface area contributed by atoms with Crippen molar-refractivity contribution >= 4 is 11.5 Å². The Labute approximate surface area is 89.0 Å². The number of aryl methyl sites for hydroxylation is 1. The van der Waals surface area contributed by atoms with E-state index in [1.54, 1.807) is 13.0 Å². The lowest BCUT2D eigenvalue weighted by molar-refractivity contribution is -0.136. The molecule has 1 N–H and O–H groups in total. The molecule has 0 aromatic heterocycles. The fraction of sp³-hybridized carbons (Fsp3) is 0.250. The van der Waals surface area contributed by atoms with Crippen LogP contribution in [-0.2, 0) is 9.53 Å². The van der Waals surface area contributed by atoms with Crippen LogP contribution in [0.15, 0.2) is 30.5 Å². The largest absolute Gasteiger partial charge is 0.515 e. The van der Waals surface area contributed by atoms with E-state index in [0.717, 1.165) is 11.8 Å². The third-order valence-electron chi connectivity index (χ3n) is 1.95. The normalized spacial score (nSPS) is 11.2. The van der Waals surface area contributed by atoms with Gasteiger partial charge in [-0.2, -0.15) is 0 Å². The molecule has 0 saturated heterocycles. The summed E-state index contributed by atoms with van der Waals surface area (Å²) in [7, 11) is 0. The molecule has 80 valence electrons. The van der Waals surface area contributed by atoms with Gasteiger partial charge in [0.05, 0.1) is 12.9 Å². The minimum atomic E-state index is -0.509. The lowest BCUT2D eigenvalue weighted by Crippen LogP contribution is -2.07. The molecule has 0 spiro atoms. The van der Waals surface area contributed by atoms with Crippen LogP contribution in [0.5, 0.6) is 0 Å². The van der Waals surface area contributed by atoms with Gasteiger partial charge in [0, 0.05) is 0 Å². The Bertz CT molecular complexity index is 380. The number of rotatable bonds is 3. The Morgan fingerprint density at radius 1 is 1.53 bits per heavy atom. The third kappa shape index (κ3) is 2.84. The molecular weight excluding hydrogens is 192 g/mol. The first-order chi connectivity index (χ1) is 7.19. The number of carbonyl (C=O) groups excluding carboxylic acids is 1. The Kier molecular flexibility index (Phi) is 3.92. The molecule has 3 heteroatoms. The van der Waals surface area contributed by atoms with E-state index in [1.165, 1.54) is 0 Å². The van der Waals surface area contributed by atoms with E-state index < -0.39 is 5.97 Å². The van der Waals surface area contributed by atoms with Gasteiger partial charge in [0.1, 0.15) is 5.57 Å². The summed E-state index contributed by atoms with van der Waals surface area (Å²) >= 11 is 0. The molecule has 3 nitrogen and oxygen atoms in total. The number of hydrogen-bond acceptors (Lipinski definition) is 3. The van der Waals surface area contributed by atoms with E-state index in [9.17, 15) is 4.79 Å². The zero-order valence-corrected chi connectivity index (χ0v) is 8.86. The molecular formula is C12H14O3. The minimum Gasteiger partial charge on any atom is -0.515 e. The molecule has 0 radical (unpaired) electrons. The van der Waals surface area contributed by atoms with Crippen LogP contribution in [0.3, 0.4) is 0 Å². The van der Waals surface area contributed by atoms with E-state index in [1.807, 2.05) is 25.1 Å². The van der Waals surface area contributed by atoms with Crippen molar-refractivity contribution in [2.45, 2.75) is 13.8 Å². The first-order valence-corrected chi connectivity index (χ1v) is 4.77. The standard InChI is InChI=1S/C12H14O3/c1-3-15-12(14)11(8-13)10-6-4-5-9(2)7-10/h4-8,13H,3H2,1-2H3/b11-8+. The quantitative estimate of drug-likeness (QED) is 0.469. The van der Waals surface area contributed by atoms with Gasteiger partial charge in [-0.25, -0.2) is 4.79 Å². The number of carbonyl (C=O) groups is 1. The summed E-state index contributed by atoms with van der Waals surface area (Å²) < 4.78 is 4.82. The van der Waals surface area contributed by atoms with Crippen LogP contribution in [0.4, 0.5) is 0 Å². The van der Waals surface area contributed by atoms with Gasteiger partial charge in [-0.15, -0.1) is 0 Å². The second-order valence-electron chi connectivity index (χ2n) is 3.13. The summed E-state index contributed by atoms with van der Waals surface area (Å²) in [4.78, 5) is 11.4. The molecule has 15 heavy (non-hydrogen) atoms. The van der Waals surface area contributed by atoms with Crippen molar-refractivity contribution in [3.8, 4) is 0 Å². The van der Waals surface area contributed by atoms with Crippen molar-refractivity contribution in [1.82, 2.24) is 0 Å². The summed E-state index contributed by atoms with van der Waals surface area (Å²) in [6.45, 7) is 3.94. The van der Waals surface area contributed by atoms with E-state index in [0.29, 0.717) is 12.2 Å². The van der Waals surface area contributed by atoms with Gasteiger partial charge in [-0.1, -0.05) is 29.8 Å². The lowest BCUT2D eigenvalue weighted by atomic mass is 10.1. The fourth-order valence-corrected chi connectivity index (χ4v) is 1.27. The lowest BCUT2D eigenvalue weighted by Gasteiger charge is -2.06. The van der Waals surface area contributed by atoms with Crippen LogP contribution in [0.25, 0.3) is 5.57 Å². The predicted octanol–water partition coefficient (Wildman–Crippen LogP) is 2.46. The number of aliphatic hydroxyl groups is 1. The molecule has 1 aromatic rings. The van der Waals surface area contributed by atoms with E-state index >= 15 is 0 Å². The van der Waals surface area contributed by atoms with E-state index in [2.05, 4.69) is 0 Å². The number of benzene rings is 1. The Morgan fingerprint density at radius 2 is 2.27 bits per heavy atom. The highest BCUT2D eigenvalue weighted by atomic mass is 16.5. The van der Waals surface area contributed by atoms with Crippen molar-refractivity contribution in [2.75, 3.05) is 6.61 Å². The molecule has 0 unspecified atom stereocenters. The maximum Gasteiger partial charge on any atom is 0.341 e. The minimum absolute atomic E-state index is 0.181. The zero-order chi connectivity index (χ0) is 11.3.